The third-order valence-electron chi connectivity index (χ3n) is 3.54. The molecule has 0 bridgehead atoms. The molecule has 2 aromatic rings. The predicted molar refractivity (Wildman–Crippen MR) is 75.7 cm³/mol. The van der Waals surface area contributed by atoms with Crippen LogP contribution in [0.25, 0.3) is 10.8 Å². The van der Waals surface area contributed by atoms with E-state index >= 15 is 0 Å². The van der Waals surface area contributed by atoms with Crippen molar-refractivity contribution in [1.82, 2.24) is 15.5 Å². The van der Waals surface area contributed by atoms with E-state index in [2.05, 4.69) is 54.5 Å². The van der Waals surface area contributed by atoms with Crippen LogP contribution < -0.4 is 5.32 Å². The first kappa shape index (κ1) is 13.0. The second kappa shape index (κ2) is 5.91. The van der Waals surface area contributed by atoms with Crippen molar-refractivity contribution < 1.29 is 0 Å². The maximum atomic E-state index is 4.37. The molecule has 18 heavy (non-hydrogen) atoms. The third kappa shape index (κ3) is 2.51. The summed E-state index contributed by atoms with van der Waals surface area (Å²) in [4.78, 5) is 0. The van der Waals surface area contributed by atoms with E-state index in [1.807, 2.05) is 12.3 Å². The van der Waals surface area contributed by atoms with Gasteiger partial charge in [0.15, 0.2) is 0 Å². The van der Waals surface area contributed by atoms with Crippen molar-refractivity contribution in [3.63, 3.8) is 0 Å². The summed E-state index contributed by atoms with van der Waals surface area (Å²) >= 11 is 0. The molecule has 0 fully saturated rings. The van der Waals surface area contributed by atoms with Gasteiger partial charge in [-0.1, -0.05) is 45.0 Å². The zero-order valence-electron chi connectivity index (χ0n) is 11.4. The minimum absolute atomic E-state index is 0.369. The van der Waals surface area contributed by atoms with Crippen LogP contribution in [-0.2, 0) is 0 Å². The zero-order valence-corrected chi connectivity index (χ0v) is 11.4. The fourth-order valence-corrected chi connectivity index (χ4v) is 2.51. The van der Waals surface area contributed by atoms with Crippen molar-refractivity contribution in [3.8, 4) is 0 Å². The van der Waals surface area contributed by atoms with Gasteiger partial charge in [0.05, 0.1) is 11.9 Å². The Kier molecular flexibility index (Phi) is 4.26. The van der Waals surface area contributed by atoms with Gasteiger partial charge in [0.1, 0.15) is 0 Å². The monoisotopic (exact) mass is 243 g/mol. The Bertz CT molecular complexity index is 505. The molecule has 0 radical (unpaired) electrons. The maximum absolute atomic E-state index is 4.37. The van der Waals surface area contributed by atoms with Gasteiger partial charge >= 0.3 is 0 Å². The number of nitrogens with zero attached hydrogens (tertiary/aromatic N) is 2. The minimum Gasteiger partial charge on any atom is -0.314 e. The van der Waals surface area contributed by atoms with Crippen molar-refractivity contribution in [2.45, 2.75) is 39.2 Å². The molecule has 3 nitrogen and oxygen atoms in total. The first-order chi connectivity index (χ1) is 8.77. The van der Waals surface area contributed by atoms with Gasteiger partial charge in [-0.25, -0.2) is 0 Å². The van der Waals surface area contributed by atoms with Crippen LogP contribution in [0.5, 0.6) is 0 Å². The number of rotatable bonds is 5. The number of benzene rings is 1. The molecule has 1 N–H and O–H groups in total. The van der Waals surface area contributed by atoms with Crippen LogP contribution in [0.15, 0.2) is 30.5 Å². The van der Waals surface area contributed by atoms with Gasteiger partial charge in [0.25, 0.3) is 0 Å². The highest BCUT2D eigenvalue weighted by Gasteiger charge is 2.19. The zero-order chi connectivity index (χ0) is 13.0. The quantitative estimate of drug-likeness (QED) is 0.876. The number of hydrogen-bond donors (Lipinski definition) is 1. The number of hydrogen-bond acceptors (Lipinski definition) is 3. The summed E-state index contributed by atoms with van der Waals surface area (Å²) in [6.07, 6.45) is 2.93. The topological polar surface area (TPSA) is 37.8 Å². The van der Waals surface area contributed by atoms with Gasteiger partial charge in [-0.15, -0.1) is 0 Å². The van der Waals surface area contributed by atoms with Crippen molar-refractivity contribution >= 4 is 10.8 Å². The Labute approximate surface area is 109 Å². The molecule has 1 aromatic heterocycles. The molecule has 0 spiro atoms. The molecule has 0 saturated carbocycles. The SMILES string of the molecule is CCNC(CC)C(C)c1nncc2ccccc12. The Morgan fingerprint density at radius 1 is 1.22 bits per heavy atom. The lowest BCUT2D eigenvalue weighted by Crippen LogP contribution is -2.33. The first-order valence-corrected chi connectivity index (χ1v) is 6.71. The lowest BCUT2D eigenvalue weighted by molar-refractivity contribution is 0.442. The average Bonchev–Trinajstić information content (AvgIpc) is 2.43. The van der Waals surface area contributed by atoms with Crippen molar-refractivity contribution in [2.24, 2.45) is 0 Å². The van der Waals surface area contributed by atoms with E-state index in [-0.39, 0.29) is 0 Å². The van der Waals surface area contributed by atoms with E-state index in [0.29, 0.717) is 12.0 Å². The first-order valence-electron chi connectivity index (χ1n) is 6.71. The van der Waals surface area contributed by atoms with Gasteiger partial charge in [0.2, 0.25) is 0 Å². The molecule has 0 amide bonds. The summed E-state index contributed by atoms with van der Waals surface area (Å²) in [5.41, 5.74) is 1.10. The van der Waals surface area contributed by atoms with Gasteiger partial charge in [-0.2, -0.15) is 10.2 Å². The normalized spacial score (nSPS) is 14.6. The highest BCUT2D eigenvalue weighted by molar-refractivity contribution is 5.83. The standard InChI is InChI=1S/C15H21N3/c1-4-14(16-5-2)11(3)15-13-9-7-6-8-12(13)10-17-18-15/h6-11,14,16H,4-5H2,1-3H3. The van der Waals surface area contributed by atoms with Crippen molar-refractivity contribution in [1.29, 1.82) is 0 Å². The molecular weight excluding hydrogens is 222 g/mol. The van der Waals surface area contributed by atoms with Crippen LogP contribution in [0.1, 0.15) is 38.8 Å². The lowest BCUT2D eigenvalue weighted by atomic mass is 9.93. The van der Waals surface area contributed by atoms with Gasteiger partial charge in [0, 0.05) is 22.7 Å². The van der Waals surface area contributed by atoms with E-state index in [1.165, 1.54) is 10.8 Å². The van der Waals surface area contributed by atoms with E-state index in [0.717, 1.165) is 18.7 Å². The molecule has 96 valence electrons. The molecule has 0 aliphatic heterocycles. The molecule has 1 aromatic carbocycles. The fourth-order valence-electron chi connectivity index (χ4n) is 2.51. The van der Waals surface area contributed by atoms with Gasteiger partial charge in [-0.05, 0) is 13.0 Å². The van der Waals surface area contributed by atoms with E-state index < -0.39 is 0 Å². The molecular formula is C15H21N3. The number of nitrogens with one attached hydrogen (secondary N) is 1. The summed E-state index contributed by atoms with van der Waals surface area (Å²) in [6, 6.07) is 8.78. The summed E-state index contributed by atoms with van der Waals surface area (Å²) in [7, 11) is 0. The average molecular weight is 243 g/mol. The summed E-state index contributed by atoms with van der Waals surface area (Å²) in [6.45, 7) is 7.57. The molecule has 3 heteroatoms. The summed E-state index contributed by atoms with van der Waals surface area (Å²) in [5.74, 6) is 0.369. The van der Waals surface area contributed by atoms with Crippen LogP contribution in [0.3, 0.4) is 0 Å². The van der Waals surface area contributed by atoms with E-state index in [1.54, 1.807) is 0 Å². The van der Waals surface area contributed by atoms with Crippen molar-refractivity contribution in [3.05, 3.63) is 36.2 Å². The molecule has 0 aliphatic carbocycles. The number of aromatic nitrogens is 2. The van der Waals surface area contributed by atoms with Crippen LogP contribution >= 0.6 is 0 Å². The number of fused-ring (bicyclic) bond motifs is 1. The third-order valence-corrected chi connectivity index (χ3v) is 3.54. The van der Waals surface area contributed by atoms with Gasteiger partial charge < -0.3 is 5.32 Å². The fraction of sp³-hybridized carbons (Fsp3) is 0.467. The lowest BCUT2D eigenvalue weighted by Gasteiger charge is -2.23. The maximum Gasteiger partial charge on any atom is 0.0752 e. The molecule has 2 unspecified atom stereocenters. The molecule has 2 rings (SSSR count). The predicted octanol–water partition coefficient (Wildman–Crippen LogP) is 3.12. The summed E-state index contributed by atoms with van der Waals surface area (Å²) < 4.78 is 0. The van der Waals surface area contributed by atoms with E-state index in [9.17, 15) is 0 Å². The largest absolute Gasteiger partial charge is 0.314 e. The Balaban J connectivity index is 2.40. The molecule has 0 aliphatic rings. The van der Waals surface area contributed by atoms with Crippen LogP contribution in [0.4, 0.5) is 0 Å². The summed E-state index contributed by atoms with van der Waals surface area (Å²) in [5, 5.41) is 14.4. The number of likely N-dealkylation sites (N-methyl/N-ethyl adjacent to an activating group) is 1. The minimum atomic E-state index is 0.369. The van der Waals surface area contributed by atoms with Crippen LogP contribution in [-0.4, -0.2) is 22.8 Å². The molecule has 0 saturated heterocycles. The Hall–Kier alpha value is -1.48. The van der Waals surface area contributed by atoms with Crippen molar-refractivity contribution in [2.75, 3.05) is 6.54 Å². The molecule has 1 heterocycles. The second-order valence-corrected chi connectivity index (χ2v) is 4.68. The van der Waals surface area contributed by atoms with E-state index in [4.69, 9.17) is 0 Å². The molecule has 2 atom stereocenters. The smallest absolute Gasteiger partial charge is 0.0752 e. The Morgan fingerprint density at radius 2 is 2.00 bits per heavy atom. The Morgan fingerprint density at radius 3 is 2.72 bits per heavy atom. The second-order valence-electron chi connectivity index (χ2n) is 4.68. The highest BCUT2D eigenvalue weighted by Crippen LogP contribution is 2.25. The van der Waals surface area contributed by atoms with Crippen LogP contribution in [0, 0.1) is 0 Å². The highest BCUT2D eigenvalue weighted by atomic mass is 15.1. The van der Waals surface area contributed by atoms with Crippen LogP contribution in [0.2, 0.25) is 0 Å². The van der Waals surface area contributed by atoms with Gasteiger partial charge in [-0.3, -0.25) is 0 Å².